The molecule has 110 valence electrons. The molecule has 0 heterocycles. The standard InChI is InChI=1S/C14H8F5NO/c15-10-5-7(1-3-9(10)14(17,18)19)13(21)8-2-4-12(20)11(16)6-8/h1-6H,20H2. The Morgan fingerprint density at radius 1 is 0.905 bits per heavy atom. The van der Waals surface area contributed by atoms with Gasteiger partial charge in [0.25, 0.3) is 0 Å². The molecule has 7 heteroatoms. The Labute approximate surface area is 116 Å². The van der Waals surface area contributed by atoms with Gasteiger partial charge in [-0.3, -0.25) is 4.79 Å². The number of ketones is 1. The maximum Gasteiger partial charge on any atom is 0.419 e. The highest BCUT2D eigenvalue weighted by Crippen LogP contribution is 2.32. The molecule has 0 aliphatic carbocycles. The van der Waals surface area contributed by atoms with Crippen molar-refractivity contribution in [3.05, 3.63) is 64.7 Å². The summed E-state index contributed by atoms with van der Waals surface area (Å²) in [5.41, 5.74) is 3.15. The van der Waals surface area contributed by atoms with E-state index in [-0.39, 0.29) is 16.8 Å². The van der Waals surface area contributed by atoms with Crippen molar-refractivity contribution in [1.82, 2.24) is 0 Å². The summed E-state index contributed by atoms with van der Waals surface area (Å²) in [4.78, 5) is 12.0. The van der Waals surface area contributed by atoms with Gasteiger partial charge in [0.1, 0.15) is 11.6 Å². The zero-order valence-corrected chi connectivity index (χ0v) is 10.3. The van der Waals surface area contributed by atoms with Crippen molar-refractivity contribution in [1.29, 1.82) is 0 Å². The molecular weight excluding hydrogens is 293 g/mol. The van der Waals surface area contributed by atoms with Gasteiger partial charge >= 0.3 is 6.18 Å². The van der Waals surface area contributed by atoms with Gasteiger partial charge in [0, 0.05) is 11.1 Å². The number of carbonyl (C=O) groups is 1. The Morgan fingerprint density at radius 3 is 1.90 bits per heavy atom. The van der Waals surface area contributed by atoms with E-state index >= 15 is 0 Å². The average molecular weight is 301 g/mol. The molecule has 0 atom stereocenters. The Balaban J connectivity index is 2.40. The molecular formula is C14H8F5NO. The summed E-state index contributed by atoms with van der Waals surface area (Å²) >= 11 is 0. The highest BCUT2D eigenvalue weighted by atomic mass is 19.4. The van der Waals surface area contributed by atoms with Crippen LogP contribution in [0.3, 0.4) is 0 Å². The largest absolute Gasteiger partial charge is 0.419 e. The molecule has 0 saturated heterocycles. The third-order valence-corrected chi connectivity index (χ3v) is 2.80. The highest BCUT2D eigenvalue weighted by molar-refractivity contribution is 6.09. The minimum Gasteiger partial charge on any atom is -0.396 e. The number of halogens is 5. The van der Waals surface area contributed by atoms with E-state index in [1.807, 2.05) is 0 Å². The van der Waals surface area contributed by atoms with Crippen LogP contribution < -0.4 is 5.73 Å². The quantitative estimate of drug-likeness (QED) is 0.521. The van der Waals surface area contributed by atoms with E-state index in [9.17, 15) is 26.7 Å². The first-order valence-corrected chi connectivity index (χ1v) is 5.66. The van der Waals surface area contributed by atoms with E-state index in [0.717, 1.165) is 18.2 Å². The molecule has 21 heavy (non-hydrogen) atoms. The van der Waals surface area contributed by atoms with E-state index in [1.54, 1.807) is 0 Å². The number of alkyl halides is 3. The van der Waals surface area contributed by atoms with Gasteiger partial charge in [0.2, 0.25) is 0 Å². The van der Waals surface area contributed by atoms with Gasteiger partial charge in [0.05, 0.1) is 11.3 Å². The van der Waals surface area contributed by atoms with Crippen molar-refractivity contribution in [2.75, 3.05) is 5.73 Å². The van der Waals surface area contributed by atoms with Crippen molar-refractivity contribution < 1.29 is 26.7 Å². The second-order valence-electron chi connectivity index (χ2n) is 4.26. The predicted molar refractivity (Wildman–Crippen MR) is 65.6 cm³/mol. The van der Waals surface area contributed by atoms with Crippen molar-refractivity contribution in [3.63, 3.8) is 0 Å². The fourth-order valence-corrected chi connectivity index (χ4v) is 1.72. The molecule has 0 unspecified atom stereocenters. The molecule has 2 nitrogen and oxygen atoms in total. The molecule has 2 aromatic carbocycles. The summed E-state index contributed by atoms with van der Waals surface area (Å²) in [7, 11) is 0. The number of benzene rings is 2. The number of nitrogen functional groups attached to an aromatic ring is 1. The number of rotatable bonds is 2. The van der Waals surface area contributed by atoms with Gasteiger partial charge in [-0.15, -0.1) is 0 Å². The first-order valence-electron chi connectivity index (χ1n) is 5.66. The minimum atomic E-state index is -4.85. The first kappa shape index (κ1) is 15.0. The molecule has 0 amide bonds. The molecule has 0 aliphatic rings. The summed E-state index contributed by atoms with van der Waals surface area (Å²) in [6, 6.07) is 4.96. The Morgan fingerprint density at radius 2 is 1.43 bits per heavy atom. The first-order chi connectivity index (χ1) is 9.70. The third kappa shape index (κ3) is 3.01. The molecule has 0 radical (unpaired) electrons. The van der Waals surface area contributed by atoms with E-state index in [0.29, 0.717) is 12.1 Å². The van der Waals surface area contributed by atoms with Gasteiger partial charge in [-0.1, -0.05) is 6.07 Å². The number of hydrogen-bond acceptors (Lipinski definition) is 2. The summed E-state index contributed by atoms with van der Waals surface area (Å²) in [6.45, 7) is 0. The predicted octanol–water partition coefficient (Wildman–Crippen LogP) is 3.80. The van der Waals surface area contributed by atoms with E-state index in [4.69, 9.17) is 5.73 Å². The topological polar surface area (TPSA) is 43.1 Å². The summed E-state index contributed by atoms with van der Waals surface area (Å²) < 4.78 is 63.9. The summed E-state index contributed by atoms with van der Waals surface area (Å²) in [5.74, 6) is -3.21. The number of nitrogens with two attached hydrogens (primary N) is 1. The lowest BCUT2D eigenvalue weighted by Crippen LogP contribution is -2.10. The lowest BCUT2D eigenvalue weighted by atomic mass is 10.0. The van der Waals surface area contributed by atoms with Gasteiger partial charge < -0.3 is 5.73 Å². The van der Waals surface area contributed by atoms with Crippen LogP contribution in [0.2, 0.25) is 0 Å². The van der Waals surface area contributed by atoms with Crippen LogP contribution in [0, 0.1) is 11.6 Å². The minimum absolute atomic E-state index is 0.138. The van der Waals surface area contributed by atoms with Crippen LogP contribution >= 0.6 is 0 Å². The monoisotopic (exact) mass is 301 g/mol. The molecule has 0 aromatic heterocycles. The lowest BCUT2D eigenvalue weighted by molar-refractivity contribution is -0.140. The molecule has 2 aromatic rings. The molecule has 0 fully saturated rings. The summed E-state index contributed by atoms with van der Waals surface area (Å²) in [5, 5.41) is 0. The second-order valence-corrected chi connectivity index (χ2v) is 4.26. The fourth-order valence-electron chi connectivity index (χ4n) is 1.72. The van der Waals surface area contributed by atoms with E-state index in [2.05, 4.69) is 0 Å². The van der Waals surface area contributed by atoms with Crippen LogP contribution in [0.5, 0.6) is 0 Å². The smallest absolute Gasteiger partial charge is 0.396 e. The Hall–Kier alpha value is -2.44. The lowest BCUT2D eigenvalue weighted by Gasteiger charge is -2.09. The zero-order valence-electron chi connectivity index (χ0n) is 10.3. The van der Waals surface area contributed by atoms with Crippen LogP contribution in [0.1, 0.15) is 21.5 Å². The maximum absolute atomic E-state index is 13.4. The Bertz CT molecular complexity index is 709. The molecule has 0 spiro atoms. The highest BCUT2D eigenvalue weighted by Gasteiger charge is 2.34. The van der Waals surface area contributed by atoms with Crippen molar-refractivity contribution in [2.45, 2.75) is 6.18 Å². The van der Waals surface area contributed by atoms with E-state index < -0.39 is 29.2 Å². The van der Waals surface area contributed by atoms with Crippen LogP contribution in [0.15, 0.2) is 36.4 Å². The molecule has 2 N–H and O–H groups in total. The fraction of sp³-hybridized carbons (Fsp3) is 0.0714. The van der Waals surface area contributed by atoms with Crippen molar-refractivity contribution in [2.24, 2.45) is 0 Å². The molecule has 0 aliphatic heterocycles. The van der Waals surface area contributed by atoms with Crippen LogP contribution in [-0.2, 0) is 6.18 Å². The molecule has 0 saturated carbocycles. The van der Waals surface area contributed by atoms with Gasteiger partial charge in [-0.2, -0.15) is 13.2 Å². The van der Waals surface area contributed by atoms with Crippen molar-refractivity contribution >= 4 is 11.5 Å². The zero-order chi connectivity index (χ0) is 15.8. The van der Waals surface area contributed by atoms with Crippen LogP contribution in [0.25, 0.3) is 0 Å². The van der Waals surface area contributed by atoms with Crippen LogP contribution in [0.4, 0.5) is 27.6 Å². The molecule has 2 rings (SSSR count). The van der Waals surface area contributed by atoms with Gasteiger partial charge in [-0.25, -0.2) is 8.78 Å². The van der Waals surface area contributed by atoms with Gasteiger partial charge in [-0.05, 0) is 30.3 Å². The van der Waals surface area contributed by atoms with Crippen molar-refractivity contribution in [3.8, 4) is 0 Å². The number of anilines is 1. The number of carbonyl (C=O) groups excluding carboxylic acids is 1. The normalized spacial score (nSPS) is 11.5. The van der Waals surface area contributed by atoms with Crippen LogP contribution in [-0.4, -0.2) is 5.78 Å². The third-order valence-electron chi connectivity index (χ3n) is 2.80. The van der Waals surface area contributed by atoms with E-state index in [1.165, 1.54) is 6.07 Å². The Kier molecular flexibility index (Phi) is 3.67. The summed E-state index contributed by atoms with van der Waals surface area (Å²) in [6.07, 6.45) is -4.85. The SMILES string of the molecule is Nc1ccc(C(=O)c2ccc(C(F)(F)F)c(F)c2)cc1F. The number of hydrogen-bond donors (Lipinski definition) is 1. The average Bonchev–Trinajstić information content (AvgIpc) is 2.39. The molecule has 0 bridgehead atoms. The maximum atomic E-state index is 13.4. The second kappa shape index (κ2) is 5.16. The van der Waals surface area contributed by atoms with Gasteiger partial charge in [0.15, 0.2) is 5.78 Å².